The number of hydrogen-bond acceptors (Lipinski definition) is 5. The van der Waals surface area contributed by atoms with Gasteiger partial charge in [-0.15, -0.1) is 0 Å². The molecule has 0 spiro atoms. The van der Waals surface area contributed by atoms with Gasteiger partial charge in [-0.25, -0.2) is 4.79 Å². The second-order valence-corrected chi connectivity index (χ2v) is 5.41. The molecule has 120 valence electrons. The Morgan fingerprint density at radius 1 is 1.25 bits per heavy atom. The summed E-state index contributed by atoms with van der Waals surface area (Å²) in [7, 11) is 1.35. The van der Waals surface area contributed by atoms with Crippen LogP contribution in [0.4, 0.5) is 5.69 Å². The van der Waals surface area contributed by atoms with Crippen molar-refractivity contribution in [2.45, 2.75) is 0 Å². The van der Waals surface area contributed by atoms with E-state index in [4.69, 9.17) is 16.3 Å². The number of anilines is 1. The molecule has 0 unspecified atom stereocenters. The van der Waals surface area contributed by atoms with Crippen molar-refractivity contribution < 1.29 is 9.53 Å². The van der Waals surface area contributed by atoms with Gasteiger partial charge in [0.25, 0.3) is 0 Å². The lowest BCUT2D eigenvalue weighted by Gasteiger charge is -2.06. The molecule has 3 aromatic rings. The topological polar surface area (TPSA) is 63.6 Å². The monoisotopic (exact) mass is 339 g/mol. The molecule has 1 heterocycles. The Bertz CT molecular complexity index is 925. The molecule has 1 N–H and O–H groups in total. The first-order valence-corrected chi connectivity index (χ1v) is 7.57. The van der Waals surface area contributed by atoms with Gasteiger partial charge in [-0.2, -0.15) is 5.10 Å². The van der Waals surface area contributed by atoms with Crippen LogP contribution < -0.4 is 5.43 Å². The third kappa shape index (κ3) is 3.36. The Hall–Kier alpha value is -2.92. The first-order valence-electron chi connectivity index (χ1n) is 7.20. The number of esters is 1. The van der Waals surface area contributed by atoms with Gasteiger partial charge in [0.1, 0.15) is 0 Å². The molecule has 0 saturated carbocycles. The summed E-state index contributed by atoms with van der Waals surface area (Å²) in [5.41, 5.74) is 5.67. The standard InChI is InChI=1S/C18H14ClN3O2/c1-24-18(23)14-5-3-2-4-12(14)11-21-22-16-8-9-20-17-10-13(19)6-7-15(16)17/h2-11H,1H3,(H,20,22)/b21-11-. The Morgan fingerprint density at radius 2 is 2.08 bits per heavy atom. The average Bonchev–Trinajstić information content (AvgIpc) is 2.61. The molecule has 0 radical (unpaired) electrons. The molecule has 0 saturated heterocycles. The fourth-order valence-corrected chi connectivity index (χ4v) is 2.46. The van der Waals surface area contributed by atoms with Crippen LogP contribution in [0.25, 0.3) is 10.9 Å². The van der Waals surface area contributed by atoms with Crippen LogP contribution in [0, 0.1) is 0 Å². The van der Waals surface area contributed by atoms with Gasteiger partial charge in [-0.1, -0.05) is 29.8 Å². The van der Waals surface area contributed by atoms with Gasteiger partial charge in [0, 0.05) is 22.2 Å². The molecule has 0 bridgehead atoms. The number of nitrogens with zero attached hydrogens (tertiary/aromatic N) is 2. The van der Waals surface area contributed by atoms with Crippen LogP contribution in [-0.2, 0) is 4.74 Å². The zero-order valence-corrected chi connectivity index (χ0v) is 13.6. The first kappa shape index (κ1) is 16.0. The molecule has 0 aliphatic rings. The van der Waals surface area contributed by atoms with Gasteiger partial charge in [0.15, 0.2) is 0 Å². The highest BCUT2D eigenvalue weighted by molar-refractivity contribution is 6.31. The molecule has 1 aromatic heterocycles. The highest BCUT2D eigenvalue weighted by Crippen LogP contribution is 2.24. The smallest absolute Gasteiger partial charge is 0.338 e. The molecule has 5 nitrogen and oxygen atoms in total. The van der Waals surface area contributed by atoms with E-state index in [-0.39, 0.29) is 0 Å². The third-order valence-electron chi connectivity index (χ3n) is 3.46. The fraction of sp³-hybridized carbons (Fsp3) is 0.0556. The number of ether oxygens (including phenoxy) is 1. The van der Waals surface area contributed by atoms with Crippen LogP contribution in [0.2, 0.25) is 5.02 Å². The maximum absolute atomic E-state index is 11.7. The lowest BCUT2D eigenvalue weighted by molar-refractivity contribution is 0.0600. The van der Waals surface area contributed by atoms with E-state index < -0.39 is 5.97 Å². The summed E-state index contributed by atoms with van der Waals surface area (Å²) < 4.78 is 4.77. The van der Waals surface area contributed by atoms with E-state index in [0.29, 0.717) is 16.1 Å². The predicted molar refractivity (Wildman–Crippen MR) is 95.8 cm³/mol. The lowest BCUT2D eigenvalue weighted by Crippen LogP contribution is -2.05. The van der Waals surface area contributed by atoms with Crippen molar-refractivity contribution in [3.63, 3.8) is 0 Å². The van der Waals surface area contributed by atoms with Crippen LogP contribution in [0.15, 0.2) is 59.8 Å². The van der Waals surface area contributed by atoms with Crippen molar-refractivity contribution in [1.82, 2.24) is 4.98 Å². The van der Waals surface area contributed by atoms with E-state index in [2.05, 4.69) is 15.5 Å². The normalized spacial score (nSPS) is 10.9. The maximum atomic E-state index is 11.7. The second-order valence-electron chi connectivity index (χ2n) is 4.97. The predicted octanol–water partition coefficient (Wildman–Crippen LogP) is 4.12. The minimum Gasteiger partial charge on any atom is -0.465 e. The average molecular weight is 340 g/mol. The molecule has 24 heavy (non-hydrogen) atoms. The van der Waals surface area contributed by atoms with Gasteiger partial charge in [0.05, 0.1) is 30.1 Å². The molecule has 0 amide bonds. The highest BCUT2D eigenvalue weighted by atomic mass is 35.5. The van der Waals surface area contributed by atoms with Crippen molar-refractivity contribution in [2.75, 3.05) is 12.5 Å². The van der Waals surface area contributed by atoms with Crippen LogP contribution in [0.1, 0.15) is 15.9 Å². The third-order valence-corrected chi connectivity index (χ3v) is 3.69. The Morgan fingerprint density at radius 3 is 2.92 bits per heavy atom. The largest absolute Gasteiger partial charge is 0.465 e. The second kappa shape index (κ2) is 7.10. The quantitative estimate of drug-likeness (QED) is 0.441. The lowest BCUT2D eigenvalue weighted by atomic mass is 10.1. The van der Waals surface area contributed by atoms with Gasteiger partial charge in [-0.3, -0.25) is 10.4 Å². The number of hydrazone groups is 1. The number of hydrogen-bond donors (Lipinski definition) is 1. The minimum atomic E-state index is -0.402. The molecule has 0 aliphatic heterocycles. The fourth-order valence-electron chi connectivity index (χ4n) is 2.30. The van der Waals surface area contributed by atoms with Crippen LogP contribution >= 0.6 is 11.6 Å². The molecule has 3 rings (SSSR count). The van der Waals surface area contributed by atoms with Crippen molar-refractivity contribution in [3.8, 4) is 0 Å². The van der Waals surface area contributed by atoms with Crippen LogP contribution in [-0.4, -0.2) is 24.3 Å². The summed E-state index contributed by atoms with van der Waals surface area (Å²) in [5, 5.41) is 5.75. The first-order chi connectivity index (χ1) is 11.7. The van der Waals surface area contributed by atoms with Crippen molar-refractivity contribution in [1.29, 1.82) is 0 Å². The minimum absolute atomic E-state index is 0.402. The van der Waals surface area contributed by atoms with E-state index in [1.165, 1.54) is 7.11 Å². The number of pyridine rings is 1. The Balaban J connectivity index is 1.87. The Kier molecular flexibility index (Phi) is 4.72. The van der Waals surface area contributed by atoms with Gasteiger partial charge in [-0.05, 0) is 30.3 Å². The molecule has 0 atom stereocenters. The molecule has 0 fully saturated rings. The number of methoxy groups -OCH3 is 1. The number of carbonyl (C=O) groups is 1. The van der Waals surface area contributed by atoms with Crippen LogP contribution in [0.3, 0.4) is 0 Å². The molecular weight excluding hydrogens is 326 g/mol. The molecular formula is C18H14ClN3O2. The van der Waals surface area contributed by atoms with E-state index in [1.54, 1.807) is 42.7 Å². The van der Waals surface area contributed by atoms with Crippen molar-refractivity contribution >= 4 is 40.4 Å². The highest BCUT2D eigenvalue weighted by Gasteiger charge is 2.09. The van der Waals surface area contributed by atoms with Crippen molar-refractivity contribution in [2.24, 2.45) is 5.10 Å². The summed E-state index contributed by atoms with van der Waals surface area (Å²) in [5.74, 6) is -0.402. The molecule has 0 aliphatic carbocycles. The summed E-state index contributed by atoms with van der Waals surface area (Å²) in [6.07, 6.45) is 3.26. The number of carbonyl (C=O) groups excluding carboxylic acids is 1. The van der Waals surface area contributed by atoms with Crippen LogP contribution in [0.5, 0.6) is 0 Å². The van der Waals surface area contributed by atoms with Gasteiger partial charge < -0.3 is 4.74 Å². The zero-order chi connectivity index (χ0) is 16.9. The summed E-state index contributed by atoms with van der Waals surface area (Å²) in [6, 6.07) is 14.4. The number of aromatic nitrogens is 1. The van der Waals surface area contributed by atoms with Gasteiger partial charge >= 0.3 is 5.97 Å². The van der Waals surface area contributed by atoms with E-state index >= 15 is 0 Å². The maximum Gasteiger partial charge on any atom is 0.338 e. The van der Waals surface area contributed by atoms with Gasteiger partial charge in [0.2, 0.25) is 0 Å². The number of fused-ring (bicyclic) bond motifs is 1. The summed E-state index contributed by atoms with van der Waals surface area (Å²) >= 11 is 5.98. The zero-order valence-electron chi connectivity index (χ0n) is 12.9. The number of nitrogens with one attached hydrogen (secondary N) is 1. The van der Waals surface area contributed by atoms with E-state index in [0.717, 1.165) is 16.6 Å². The molecule has 6 heteroatoms. The SMILES string of the molecule is COC(=O)c1ccccc1/C=N\Nc1ccnc2cc(Cl)ccc12. The number of benzene rings is 2. The summed E-state index contributed by atoms with van der Waals surface area (Å²) in [4.78, 5) is 16.0. The molecule has 2 aromatic carbocycles. The van der Waals surface area contributed by atoms with Crippen molar-refractivity contribution in [3.05, 3.63) is 70.9 Å². The number of rotatable bonds is 4. The summed E-state index contributed by atoms with van der Waals surface area (Å²) in [6.45, 7) is 0. The van der Waals surface area contributed by atoms with E-state index in [9.17, 15) is 4.79 Å². The Labute approximate surface area is 143 Å². The van der Waals surface area contributed by atoms with E-state index in [1.807, 2.05) is 18.2 Å². The number of halogens is 1.